The summed E-state index contributed by atoms with van der Waals surface area (Å²) in [6, 6.07) is 16.6. The number of hydrogen-bond acceptors (Lipinski definition) is 4. The fraction of sp³-hybridized carbons (Fsp3) is 0.375. The molecule has 3 aromatic rings. The summed E-state index contributed by atoms with van der Waals surface area (Å²) in [6.07, 6.45) is 6.22. The molecule has 1 aromatic heterocycles. The summed E-state index contributed by atoms with van der Waals surface area (Å²) in [4.78, 5) is 24.0. The molecule has 32 heavy (non-hydrogen) atoms. The van der Waals surface area contributed by atoms with Gasteiger partial charge in [0.25, 0.3) is 0 Å². The van der Waals surface area contributed by atoms with Gasteiger partial charge in [-0.15, -0.1) is 0 Å². The molecule has 0 saturated carbocycles. The van der Waals surface area contributed by atoms with Gasteiger partial charge in [-0.25, -0.2) is 4.79 Å². The van der Waals surface area contributed by atoms with Crippen LogP contribution in [0.25, 0.3) is 21.7 Å². The molecule has 0 bridgehead atoms. The summed E-state index contributed by atoms with van der Waals surface area (Å²) >= 11 is 0. The maximum absolute atomic E-state index is 9.87. The molecule has 180 valence electrons. The van der Waals surface area contributed by atoms with E-state index in [1.54, 1.807) is 0 Å². The Balaban J connectivity index is 0. The number of carboxylic acids is 1. The van der Waals surface area contributed by atoms with Crippen molar-refractivity contribution < 1.29 is 40.9 Å². The molecule has 0 unspecified atom stereocenters. The molecular formula is C24H35N3O4Pt. The van der Waals surface area contributed by atoms with Gasteiger partial charge in [-0.05, 0) is 24.3 Å². The molecule has 0 aliphatic rings. The number of hydrogen-bond donors (Lipinski definition) is 4. The predicted molar refractivity (Wildman–Crippen MR) is 127 cm³/mol. The van der Waals surface area contributed by atoms with Crippen molar-refractivity contribution in [1.29, 1.82) is 0 Å². The molecule has 3 rings (SSSR count). The Labute approximate surface area is 204 Å². The van der Waals surface area contributed by atoms with Crippen LogP contribution in [0.1, 0.15) is 52.4 Å². The molecular weight excluding hydrogens is 589 g/mol. The van der Waals surface area contributed by atoms with E-state index in [0.717, 1.165) is 37.6 Å². The molecule has 6 N–H and O–H groups in total. The van der Waals surface area contributed by atoms with E-state index in [9.17, 15) is 9.59 Å². The van der Waals surface area contributed by atoms with E-state index in [0.29, 0.717) is 13.0 Å². The van der Waals surface area contributed by atoms with Crippen LogP contribution in [-0.4, -0.2) is 33.8 Å². The quantitative estimate of drug-likeness (QED) is 0.181. The summed E-state index contributed by atoms with van der Waals surface area (Å²) < 4.78 is 0. The molecule has 7 nitrogen and oxygen atoms in total. The zero-order valence-electron chi connectivity index (χ0n) is 18.8. The molecule has 2 aromatic carbocycles. The Kier molecular flexibility index (Phi) is 19.0. The van der Waals surface area contributed by atoms with Crippen molar-refractivity contribution in [3.8, 4) is 0 Å². The maximum Gasteiger partial charge on any atom is 0.404 e. The first kappa shape index (κ1) is 31.7. The molecule has 0 radical (unpaired) electrons. The van der Waals surface area contributed by atoms with E-state index in [1.165, 1.54) is 16.2 Å². The first-order chi connectivity index (χ1) is 14.5. The topological polar surface area (TPSA) is 135 Å². The van der Waals surface area contributed by atoms with Crippen molar-refractivity contribution in [2.75, 3.05) is 6.54 Å². The van der Waals surface area contributed by atoms with Crippen molar-refractivity contribution in [3.05, 3.63) is 54.7 Å². The Morgan fingerprint density at radius 1 is 0.875 bits per heavy atom. The van der Waals surface area contributed by atoms with Crippen LogP contribution in [0.2, 0.25) is 0 Å². The van der Waals surface area contributed by atoms with E-state index in [2.05, 4.69) is 47.6 Å². The number of para-hydroxylation sites is 1. The standard InChI is InChI=1S/C13H9N.C6H12O2.C5H11NO2.H3N.Pt/c1-2-6-11-10(5-1)9-14-13-8-4-3-7-12(11)13;1-2-3-4-5-6(7)8;1-2-3-4-6-5(7)8;;/h1-9H;2-5H2,1H3,(H,7,8);6H,2-4H2,1H3,(H,7,8);1H3;. The third kappa shape index (κ3) is 13.0. The predicted octanol–water partition coefficient (Wildman–Crippen LogP) is 6.25. The average molecular weight is 625 g/mol. The zero-order valence-corrected chi connectivity index (χ0v) is 21.1. The molecule has 0 aliphatic heterocycles. The normalized spacial score (nSPS) is 9.19. The van der Waals surface area contributed by atoms with Gasteiger partial charge < -0.3 is 21.7 Å². The number of fused-ring (bicyclic) bond motifs is 3. The van der Waals surface area contributed by atoms with Gasteiger partial charge in [0, 0.05) is 51.0 Å². The van der Waals surface area contributed by atoms with E-state index < -0.39 is 12.1 Å². The van der Waals surface area contributed by atoms with Gasteiger partial charge in [0.2, 0.25) is 0 Å². The van der Waals surface area contributed by atoms with E-state index >= 15 is 0 Å². The minimum Gasteiger partial charge on any atom is -0.481 e. The van der Waals surface area contributed by atoms with Gasteiger partial charge in [0.15, 0.2) is 0 Å². The van der Waals surface area contributed by atoms with Crippen LogP contribution < -0.4 is 11.5 Å². The number of aromatic nitrogens is 1. The first-order valence-electron chi connectivity index (χ1n) is 10.4. The number of aliphatic carboxylic acids is 1. The van der Waals surface area contributed by atoms with Crippen LogP contribution in [0.5, 0.6) is 0 Å². The monoisotopic (exact) mass is 624 g/mol. The Bertz CT molecular complexity index is 847. The number of nitrogens with zero attached hydrogens (tertiary/aromatic N) is 1. The fourth-order valence-electron chi connectivity index (χ4n) is 2.71. The Hall–Kier alpha value is -2.50. The molecule has 8 heteroatoms. The van der Waals surface area contributed by atoms with Crippen molar-refractivity contribution >= 4 is 33.7 Å². The van der Waals surface area contributed by atoms with Gasteiger partial charge in [0.05, 0.1) is 5.52 Å². The van der Waals surface area contributed by atoms with Crippen LogP contribution in [0.3, 0.4) is 0 Å². The van der Waals surface area contributed by atoms with Crippen LogP contribution in [0.4, 0.5) is 4.79 Å². The van der Waals surface area contributed by atoms with Gasteiger partial charge in [-0.1, -0.05) is 75.6 Å². The van der Waals surface area contributed by atoms with Gasteiger partial charge in [-0.2, -0.15) is 0 Å². The number of benzene rings is 2. The summed E-state index contributed by atoms with van der Waals surface area (Å²) in [7, 11) is 0. The van der Waals surface area contributed by atoms with Gasteiger partial charge in [-0.3, -0.25) is 9.78 Å². The number of rotatable bonds is 7. The van der Waals surface area contributed by atoms with Crippen molar-refractivity contribution in [3.63, 3.8) is 0 Å². The summed E-state index contributed by atoms with van der Waals surface area (Å²) in [5.74, 6) is -0.682. The van der Waals surface area contributed by atoms with Crippen LogP contribution >= 0.6 is 0 Å². The molecule has 0 saturated heterocycles. The number of carbonyl (C=O) groups is 2. The second kappa shape index (κ2) is 19.2. The molecule has 0 spiro atoms. The molecule has 0 aliphatic carbocycles. The van der Waals surface area contributed by atoms with Crippen molar-refractivity contribution in [2.45, 2.75) is 52.4 Å². The number of pyridine rings is 1. The summed E-state index contributed by atoms with van der Waals surface area (Å²) in [6.45, 7) is 4.65. The van der Waals surface area contributed by atoms with E-state index in [4.69, 9.17) is 10.2 Å². The minimum absolute atomic E-state index is 0. The molecule has 1 heterocycles. The average Bonchev–Trinajstić information content (AvgIpc) is 2.74. The third-order valence-corrected chi connectivity index (χ3v) is 4.30. The fourth-order valence-corrected chi connectivity index (χ4v) is 2.71. The second-order valence-corrected chi connectivity index (χ2v) is 6.80. The van der Waals surface area contributed by atoms with Crippen molar-refractivity contribution in [1.82, 2.24) is 16.5 Å². The summed E-state index contributed by atoms with van der Waals surface area (Å²) in [5.41, 5.74) is 1.06. The largest absolute Gasteiger partial charge is 0.481 e. The number of nitrogens with one attached hydrogen (secondary N) is 1. The summed E-state index contributed by atoms with van der Waals surface area (Å²) in [5, 5.41) is 22.1. The van der Waals surface area contributed by atoms with Gasteiger partial charge in [0.1, 0.15) is 0 Å². The number of carboxylic acid groups (broad SMARTS) is 2. The number of amides is 1. The van der Waals surface area contributed by atoms with Crippen LogP contribution in [-0.2, 0) is 25.9 Å². The molecule has 0 atom stereocenters. The number of unbranched alkanes of at least 4 members (excludes halogenated alkanes) is 3. The zero-order chi connectivity index (χ0) is 22.2. The van der Waals surface area contributed by atoms with E-state index in [1.807, 2.05) is 31.3 Å². The Morgan fingerprint density at radius 2 is 1.47 bits per heavy atom. The third-order valence-electron chi connectivity index (χ3n) is 4.30. The van der Waals surface area contributed by atoms with Crippen LogP contribution in [0, 0.1) is 0 Å². The van der Waals surface area contributed by atoms with E-state index in [-0.39, 0.29) is 27.2 Å². The van der Waals surface area contributed by atoms with Gasteiger partial charge >= 0.3 is 12.1 Å². The van der Waals surface area contributed by atoms with Crippen LogP contribution in [0.15, 0.2) is 54.7 Å². The SMILES string of the molecule is CCCCCC(=O)O.CCCCNC(=O)O.N.[Pt].c1ccc2c(c1)cnc1ccccc12. The maximum atomic E-state index is 9.87. The molecule has 1 amide bonds. The first-order valence-corrected chi connectivity index (χ1v) is 10.4. The Morgan fingerprint density at radius 3 is 2.06 bits per heavy atom. The van der Waals surface area contributed by atoms with Crippen molar-refractivity contribution in [2.24, 2.45) is 0 Å². The molecule has 0 fully saturated rings. The minimum atomic E-state index is -0.932. The second-order valence-electron chi connectivity index (χ2n) is 6.80. The smallest absolute Gasteiger partial charge is 0.404 e.